The van der Waals surface area contributed by atoms with Crippen molar-refractivity contribution in [3.63, 3.8) is 0 Å². The molecule has 0 fully saturated rings. The molecule has 9 heteroatoms. The lowest BCUT2D eigenvalue weighted by Gasteiger charge is -2.31. The van der Waals surface area contributed by atoms with E-state index in [1.165, 1.54) is 41.6 Å². The molecule has 1 amide bonds. The average Bonchev–Trinajstić information content (AvgIpc) is 3.12. The predicted molar refractivity (Wildman–Crippen MR) is 126 cm³/mol. The van der Waals surface area contributed by atoms with E-state index in [4.69, 9.17) is 0 Å². The molecule has 0 atom stereocenters. The molecule has 7 nitrogen and oxygen atoms in total. The molecule has 0 saturated heterocycles. The SMILES string of the molecule is CC(=O)Nc1nc(C)c(-c2ccc3c(c2)CCCN3S(=O)(=O)c2cccc(C(C)=O)c2)s1. The Morgan fingerprint density at radius 1 is 1.12 bits per heavy atom. The van der Waals surface area contributed by atoms with Gasteiger partial charge in [0.15, 0.2) is 10.9 Å². The number of ketones is 1. The van der Waals surface area contributed by atoms with Crippen molar-refractivity contribution in [2.24, 2.45) is 0 Å². The maximum Gasteiger partial charge on any atom is 0.264 e. The van der Waals surface area contributed by atoms with Crippen molar-refractivity contribution in [2.75, 3.05) is 16.2 Å². The van der Waals surface area contributed by atoms with Gasteiger partial charge in [0.1, 0.15) is 0 Å². The Hall–Kier alpha value is -3.04. The van der Waals surface area contributed by atoms with Crippen LogP contribution in [0.3, 0.4) is 0 Å². The molecule has 0 aliphatic carbocycles. The molecule has 32 heavy (non-hydrogen) atoms. The summed E-state index contributed by atoms with van der Waals surface area (Å²) in [4.78, 5) is 28.5. The van der Waals surface area contributed by atoms with Crippen molar-refractivity contribution < 1.29 is 18.0 Å². The Morgan fingerprint density at radius 3 is 2.62 bits per heavy atom. The fourth-order valence-electron chi connectivity index (χ4n) is 3.82. The van der Waals surface area contributed by atoms with E-state index in [0.29, 0.717) is 29.3 Å². The van der Waals surface area contributed by atoms with E-state index in [1.54, 1.807) is 12.1 Å². The first-order valence-electron chi connectivity index (χ1n) is 10.2. The third kappa shape index (κ3) is 4.18. The standard InChI is InChI=1S/C23H23N3O4S2/c1-14-22(31-23(24-14)25-16(3)28)19-9-10-21-18(12-19)7-5-11-26(21)32(29,30)20-8-4-6-17(13-20)15(2)27/h4,6,8-10,12-13H,5,7,11H2,1-3H3,(H,24,25,28). The highest BCUT2D eigenvalue weighted by molar-refractivity contribution is 7.92. The molecule has 1 N–H and O–H groups in total. The number of thiazole rings is 1. The molecule has 0 bridgehead atoms. The zero-order chi connectivity index (χ0) is 23.0. The molecule has 2 heterocycles. The summed E-state index contributed by atoms with van der Waals surface area (Å²) in [6.07, 6.45) is 1.46. The summed E-state index contributed by atoms with van der Waals surface area (Å²) in [7, 11) is -3.80. The molecule has 4 rings (SSSR count). The minimum Gasteiger partial charge on any atom is -0.302 e. The van der Waals surface area contributed by atoms with Gasteiger partial charge in [-0.1, -0.05) is 29.5 Å². The lowest BCUT2D eigenvalue weighted by molar-refractivity contribution is -0.114. The number of nitrogens with zero attached hydrogens (tertiary/aromatic N) is 2. The quantitative estimate of drug-likeness (QED) is 0.558. The molecule has 2 aromatic carbocycles. The highest BCUT2D eigenvalue weighted by Gasteiger charge is 2.30. The zero-order valence-corrected chi connectivity index (χ0v) is 19.6. The smallest absolute Gasteiger partial charge is 0.264 e. The second-order valence-electron chi connectivity index (χ2n) is 7.72. The fourth-order valence-corrected chi connectivity index (χ4v) is 6.42. The largest absolute Gasteiger partial charge is 0.302 e. The van der Waals surface area contributed by atoms with Gasteiger partial charge in [-0.25, -0.2) is 13.4 Å². The lowest BCUT2D eigenvalue weighted by atomic mass is 10.00. The third-order valence-corrected chi connectivity index (χ3v) is 8.26. The van der Waals surface area contributed by atoms with Crippen LogP contribution < -0.4 is 9.62 Å². The lowest BCUT2D eigenvalue weighted by Crippen LogP contribution is -2.35. The summed E-state index contributed by atoms with van der Waals surface area (Å²) in [5.74, 6) is -0.352. The first-order chi connectivity index (χ1) is 15.2. The molecular formula is C23H23N3O4S2. The van der Waals surface area contributed by atoms with Gasteiger partial charge in [0.25, 0.3) is 10.0 Å². The number of anilines is 2. The summed E-state index contributed by atoms with van der Waals surface area (Å²) < 4.78 is 28.2. The number of nitrogens with one attached hydrogen (secondary N) is 1. The minimum absolute atomic E-state index is 0.111. The molecule has 166 valence electrons. The van der Waals surface area contributed by atoms with Gasteiger partial charge in [-0.2, -0.15) is 0 Å². The van der Waals surface area contributed by atoms with Crippen LogP contribution in [0.4, 0.5) is 10.8 Å². The predicted octanol–water partition coefficient (Wildman–Crippen LogP) is 4.42. The Bertz CT molecular complexity index is 1330. The van der Waals surface area contributed by atoms with Gasteiger partial charge >= 0.3 is 0 Å². The summed E-state index contributed by atoms with van der Waals surface area (Å²) >= 11 is 1.39. The number of hydrogen-bond donors (Lipinski definition) is 1. The highest BCUT2D eigenvalue weighted by Crippen LogP contribution is 2.38. The van der Waals surface area contributed by atoms with E-state index in [-0.39, 0.29) is 16.6 Å². The summed E-state index contributed by atoms with van der Waals surface area (Å²) in [6.45, 7) is 5.12. The van der Waals surface area contributed by atoms with Gasteiger partial charge in [-0.05, 0) is 62.1 Å². The number of carbonyl (C=O) groups is 2. The van der Waals surface area contributed by atoms with Gasteiger partial charge in [-0.3, -0.25) is 13.9 Å². The molecule has 1 aliphatic heterocycles. The van der Waals surface area contributed by atoms with Gasteiger partial charge < -0.3 is 5.32 Å². The molecule has 0 unspecified atom stereocenters. The van der Waals surface area contributed by atoms with E-state index < -0.39 is 10.0 Å². The minimum atomic E-state index is -3.80. The Balaban J connectivity index is 1.71. The third-order valence-electron chi connectivity index (χ3n) is 5.33. The number of fused-ring (bicyclic) bond motifs is 1. The van der Waals surface area contributed by atoms with Crippen molar-refractivity contribution in [3.05, 3.63) is 59.3 Å². The molecule has 0 spiro atoms. The van der Waals surface area contributed by atoms with Crippen molar-refractivity contribution in [3.8, 4) is 10.4 Å². The molecular weight excluding hydrogens is 446 g/mol. The molecule has 0 radical (unpaired) electrons. The molecule has 0 saturated carbocycles. The van der Waals surface area contributed by atoms with Crippen molar-refractivity contribution in [1.82, 2.24) is 4.98 Å². The number of aromatic nitrogens is 1. The van der Waals surface area contributed by atoms with Crippen LogP contribution >= 0.6 is 11.3 Å². The first kappa shape index (κ1) is 22.2. The van der Waals surface area contributed by atoms with Crippen LogP contribution in [0.25, 0.3) is 10.4 Å². The van der Waals surface area contributed by atoms with E-state index in [9.17, 15) is 18.0 Å². The second kappa shape index (κ2) is 8.48. The molecule has 1 aromatic heterocycles. The fraction of sp³-hybridized carbons (Fsp3) is 0.261. The normalized spacial score (nSPS) is 13.5. The van der Waals surface area contributed by atoms with Crippen LogP contribution in [0.1, 0.15) is 41.9 Å². The molecule has 3 aromatic rings. The van der Waals surface area contributed by atoms with Crippen LogP contribution in [0.2, 0.25) is 0 Å². The van der Waals surface area contributed by atoms with Crippen molar-refractivity contribution in [1.29, 1.82) is 0 Å². The number of amides is 1. The van der Waals surface area contributed by atoms with Crippen molar-refractivity contribution >= 4 is 43.9 Å². The Labute approximate surface area is 191 Å². The van der Waals surface area contributed by atoms with E-state index in [1.807, 2.05) is 25.1 Å². The Morgan fingerprint density at radius 2 is 1.91 bits per heavy atom. The number of benzene rings is 2. The van der Waals surface area contributed by atoms with Crippen LogP contribution in [0.15, 0.2) is 47.4 Å². The van der Waals surface area contributed by atoms with Gasteiger partial charge in [-0.15, -0.1) is 0 Å². The van der Waals surface area contributed by atoms with E-state index in [0.717, 1.165) is 28.1 Å². The maximum atomic E-state index is 13.4. The number of sulfonamides is 1. The molecule has 1 aliphatic rings. The monoisotopic (exact) mass is 469 g/mol. The number of aryl methyl sites for hydroxylation is 2. The maximum absolute atomic E-state index is 13.4. The van der Waals surface area contributed by atoms with Crippen LogP contribution in [0, 0.1) is 6.92 Å². The first-order valence-corrected chi connectivity index (χ1v) is 12.4. The summed E-state index contributed by atoms with van der Waals surface area (Å²) in [6, 6.07) is 11.9. The van der Waals surface area contributed by atoms with E-state index >= 15 is 0 Å². The summed E-state index contributed by atoms with van der Waals surface area (Å²) in [5, 5.41) is 3.25. The second-order valence-corrected chi connectivity index (χ2v) is 10.6. The highest BCUT2D eigenvalue weighted by atomic mass is 32.2. The van der Waals surface area contributed by atoms with Gasteiger partial charge in [0, 0.05) is 19.0 Å². The van der Waals surface area contributed by atoms with Crippen LogP contribution in [0.5, 0.6) is 0 Å². The number of Topliss-reactive ketones (excluding diaryl/α,β-unsaturated/α-hetero) is 1. The number of rotatable bonds is 5. The zero-order valence-electron chi connectivity index (χ0n) is 18.0. The Kier molecular flexibility index (Phi) is 5.87. The van der Waals surface area contributed by atoms with Gasteiger partial charge in [0.2, 0.25) is 5.91 Å². The van der Waals surface area contributed by atoms with Crippen LogP contribution in [-0.4, -0.2) is 31.6 Å². The summed E-state index contributed by atoms with van der Waals surface area (Å²) in [5.41, 5.74) is 3.70. The van der Waals surface area contributed by atoms with Gasteiger partial charge in [0.05, 0.1) is 21.2 Å². The van der Waals surface area contributed by atoms with E-state index in [2.05, 4.69) is 10.3 Å². The number of hydrogen-bond acceptors (Lipinski definition) is 6. The van der Waals surface area contributed by atoms with Crippen LogP contribution in [-0.2, 0) is 21.2 Å². The van der Waals surface area contributed by atoms with Crippen molar-refractivity contribution in [2.45, 2.75) is 38.5 Å². The number of carbonyl (C=O) groups excluding carboxylic acids is 2. The topological polar surface area (TPSA) is 96.4 Å². The average molecular weight is 470 g/mol.